The molecule has 2 rings (SSSR count). The Hall–Kier alpha value is -0.180. The van der Waals surface area contributed by atoms with E-state index in [1.54, 1.807) is 0 Å². The lowest BCUT2D eigenvalue weighted by atomic mass is 10.2. The molecule has 1 aromatic carbocycles. The third-order valence-electron chi connectivity index (χ3n) is 1.99. The predicted molar refractivity (Wildman–Crippen MR) is 57.2 cm³/mol. The summed E-state index contributed by atoms with van der Waals surface area (Å²) in [6, 6.07) is 10.3. The maximum absolute atomic E-state index is 5.73. The maximum Gasteiger partial charge on any atom is 0.129 e. The summed E-state index contributed by atoms with van der Waals surface area (Å²) in [5, 5.41) is 0. The first-order valence-corrected chi connectivity index (χ1v) is 5.86. The molecule has 2 atom stereocenters. The fourth-order valence-electron chi connectivity index (χ4n) is 1.31. The van der Waals surface area contributed by atoms with Crippen molar-refractivity contribution in [1.82, 2.24) is 0 Å². The van der Waals surface area contributed by atoms with Crippen LogP contribution in [0.2, 0.25) is 0 Å². The van der Waals surface area contributed by atoms with Crippen molar-refractivity contribution in [2.24, 2.45) is 0 Å². The van der Waals surface area contributed by atoms with Crippen LogP contribution in [0, 0.1) is 0 Å². The van der Waals surface area contributed by atoms with Crippen LogP contribution in [0.15, 0.2) is 30.3 Å². The number of alkyl halides is 1. The molecule has 0 radical (unpaired) electrons. The van der Waals surface area contributed by atoms with Crippen LogP contribution >= 0.6 is 23.4 Å². The molecule has 1 aliphatic rings. The fourth-order valence-corrected chi connectivity index (χ4v) is 2.80. The molecule has 0 N–H and O–H groups in total. The van der Waals surface area contributed by atoms with Gasteiger partial charge in [-0.1, -0.05) is 30.3 Å². The zero-order valence-corrected chi connectivity index (χ0v) is 8.72. The van der Waals surface area contributed by atoms with E-state index < -0.39 is 0 Å². The Morgan fingerprint density at radius 3 is 2.77 bits per heavy atom. The van der Waals surface area contributed by atoms with Gasteiger partial charge >= 0.3 is 0 Å². The second-order valence-corrected chi connectivity index (χ2v) is 4.39. The molecule has 1 heterocycles. The molecule has 0 aromatic heterocycles. The van der Waals surface area contributed by atoms with E-state index in [1.165, 1.54) is 5.56 Å². The van der Waals surface area contributed by atoms with Crippen LogP contribution in [0.3, 0.4) is 0 Å². The lowest BCUT2D eigenvalue weighted by Crippen LogP contribution is -2.10. The van der Waals surface area contributed by atoms with Gasteiger partial charge in [0.2, 0.25) is 0 Å². The zero-order valence-electron chi connectivity index (χ0n) is 7.15. The van der Waals surface area contributed by atoms with Crippen LogP contribution in [-0.4, -0.2) is 17.7 Å². The first-order chi connectivity index (χ1) is 6.40. The van der Waals surface area contributed by atoms with E-state index in [4.69, 9.17) is 16.3 Å². The van der Waals surface area contributed by atoms with Crippen molar-refractivity contribution in [3.8, 4) is 0 Å². The molecule has 3 heteroatoms. The molecule has 0 bridgehead atoms. The van der Waals surface area contributed by atoms with Crippen molar-refractivity contribution >= 4 is 23.4 Å². The van der Waals surface area contributed by atoms with Crippen molar-refractivity contribution < 1.29 is 4.74 Å². The molecule has 0 unspecified atom stereocenters. The molecule has 13 heavy (non-hydrogen) atoms. The second kappa shape index (κ2) is 4.36. The van der Waals surface area contributed by atoms with Gasteiger partial charge in [-0.2, -0.15) is 0 Å². The average Bonchev–Trinajstić information content (AvgIpc) is 2.67. The van der Waals surface area contributed by atoms with Gasteiger partial charge in [0.15, 0.2) is 0 Å². The van der Waals surface area contributed by atoms with E-state index in [-0.39, 0.29) is 11.5 Å². The molecule has 1 fully saturated rings. The summed E-state index contributed by atoms with van der Waals surface area (Å²) in [4.78, 5) is 0. The third-order valence-corrected chi connectivity index (χ3v) is 3.59. The highest BCUT2D eigenvalue weighted by Crippen LogP contribution is 2.38. The van der Waals surface area contributed by atoms with E-state index >= 15 is 0 Å². The summed E-state index contributed by atoms with van der Waals surface area (Å²) in [6.45, 7) is 0. The minimum absolute atomic E-state index is 0.185. The van der Waals surface area contributed by atoms with Crippen molar-refractivity contribution in [2.75, 3.05) is 11.6 Å². The number of thioether (sulfide) groups is 1. The van der Waals surface area contributed by atoms with Crippen molar-refractivity contribution in [2.45, 2.75) is 11.5 Å². The Morgan fingerprint density at radius 2 is 2.15 bits per heavy atom. The summed E-state index contributed by atoms with van der Waals surface area (Å²) < 4.78 is 5.73. The fraction of sp³-hybridized carbons (Fsp3) is 0.400. The lowest BCUT2D eigenvalue weighted by Gasteiger charge is -2.10. The number of ether oxygens (including phenoxy) is 1. The van der Waals surface area contributed by atoms with Crippen LogP contribution in [0.1, 0.15) is 11.0 Å². The van der Waals surface area contributed by atoms with Crippen LogP contribution in [0.25, 0.3) is 0 Å². The molecule has 1 saturated heterocycles. The predicted octanol–water partition coefficient (Wildman–Crippen LogP) is 3.06. The van der Waals surface area contributed by atoms with Gasteiger partial charge < -0.3 is 4.74 Å². The van der Waals surface area contributed by atoms with Crippen molar-refractivity contribution in [1.29, 1.82) is 0 Å². The van der Waals surface area contributed by atoms with E-state index in [0.29, 0.717) is 5.88 Å². The third kappa shape index (κ3) is 2.19. The monoisotopic (exact) mass is 214 g/mol. The quantitative estimate of drug-likeness (QED) is 0.700. The normalized spacial score (nSPS) is 27.8. The first kappa shape index (κ1) is 9.38. The molecule has 0 aliphatic carbocycles. The number of hydrogen-bond donors (Lipinski definition) is 0. The van der Waals surface area contributed by atoms with Crippen molar-refractivity contribution in [3.63, 3.8) is 0 Å². The van der Waals surface area contributed by atoms with Gasteiger partial charge in [-0.15, -0.1) is 23.4 Å². The number of benzene rings is 1. The summed E-state index contributed by atoms with van der Waals surface area (Å²) in [5.41, 5.74) is 1.42. The van der Waals surface area contributed by atoms with Crippen LogP contribution in [0.4, 0.5) is 0 Å². The topological polar surface area (TPSA) is 9.23 Å². The van der Waals surface area contributed by atoms with Crippen LogP contribution in [0.5, 0.6) is 0 Å². The van der Waals surface area contributed by atoms with Gasteiger partial charge in [-0.3, -0.25) is 0 Å². The summed E-state index contributed by atoms with van der Waals surface area (Å²) in [6.07, 6.45) is 0.219. The molecule has 0 spiro atoms. The minimum Gasteiger partial charge on any atom is -0.357 e. The highest BCUT2D eigenvalue weighted by Gasteiger charge is 2.25. The number of rotatable bonds is 2. The van der Waals surface area contributed by atoms with E-state index in [9.17, 15) is 0 Å². The van der Waals surface area contributed by atoms with Crippen LogP contribution in [-0.2, 0) is 4.74 Å². The molecule has 70 valence electrons. The average molecular weight is 215 g/mol. The molecule has 1 nitrogen and oxygen atoms in total. The van der Waals surface area contributed by atoms with Gasteiger partial charge in [-0.25, -0.2) is 0 Å². The SMILES string of the molecule is ClC[C@H]1CS[C@H](c2ccccc2)O1. The summed E-state index contributed by atoms with van der Waals surface area (Å²) in [5.74, 6) is 1.60. The van der Waals surface area contributed by atoms with Gasteiger partial charge in [0, 0.05) is 11.6 Å². The van der Waals surface area contributed by atoms with E-state index in [2.05, 4.69) is 12.1 Å². The molecular formula is C10H11ClOS. The Labute approximate surface area is 87.4 Å². The summed E-state index contributed by atoms with van der Waals surface area (Å²) in [7, 11) is 0. The van der Waals surface area contributed by atoms with Gasteiger partial charge in [-0.05, 0) is 5.56 Å². The summed E-state index contributed by atoms with van der Waals surface area (Å²) >= 11 is 7.54. The molecule has 0 saturated carbocycles. The lowest BCUT2D eigenvalue weighted by molar-refractivity contribution is 0.0811. The molecule has 1 aromatic rings. The van der Waals surface area contributed by atoms with Crippen molar-refractivity contribution in [3.05, 3.63) is 35.9 Å². The number of hydrogen-bond acceptors (Lipinski definition) is 2. The Bertz CT molecular complexity index is 265. The largest absolute Gasteiger partial charge is 0.357 e. The van der Waals surface area contributed by atoms with Gasteiger partial charge in [0.05, 0.1) is 6.10 Å². The smallest absolute Gasteiger partial charge is 0.129 e. The molecule has 1 aliphatic heterocycles. The highest BCUT2D eigenvalue weighted by molar-refractivity contribution is 7.99. The highest BCUT2D eigenvalue weighted by atomic mass is 35.5. The Morgan fingerprint density at radius 1 is 1.38 bits per heavy atom. The van der Waals surface area contributed by atoms with E-state index in [1.807, 2.05) is 30.0 Å². The second-order valence-electron chi connectivity index (χ2n) is 2.99. The van der Waals surface area contributed by atoms with Crippen LogP contribution < -0.4 is 0 Å². The molecular weight excluding hydrogens is 204 g/mol. The van der Waals surface area contributed by atoms with E-state index in [0.717, 1.165) is 5.75 Å². The van der Waals surface area contributed by atoms with Gasteiger partial charge in [0.1, 0.15) is 5.44 Å². The van der Waals surface area contributed by atoms with Gasteiger partial charge in [0.25, 0.3) is 0 Å². The first-order valence-electron chi connectivity index (χ1n) is 4.28. The molecule has 0 amide bonds. The number of halogens is 1. The maximum atomic E-state index is 5.73. The Balaban J connectivity index is 2.04. The Kier molecular flexibility index (Phi) is 3.14. The minimum atomic E-state index is 0.185. The zero-order chi connectivity index (χ0) is 9.10. The standard InChI is InChI=1S/C10H11ClOS/c11-6-9-7-13-10(12-9)8-4-2-1-3-5-8/h1-5,9-10H,6-7H2/t9-,10+/m0/s1.